The highest BCUT2D eigenvalue weighted by Gasteiger charge is 1.97. The normalized spacial score (nSPS) is 12.9. The number of hydrogen-bond donors (Lipinski definition) is 0. The molecule has 0 aliphatic carbocycles. The van der Waals surface area contributed by atoms with Crippen molar-refractivity contribution in [1.29, 1.82) is 0 Å². The smallest absolute Gasteiger partial charge is 0.122 e. The van der Waals surface area contributed by atoms with E-state index in [1.54, 1.807) is 0 Å². The molecule has 0 aromatic rings. The Hall–Kier alpha value is -0.330. The maximum absolute atomic E-state index is 10.2. The van der Waals surface area contributed by atoms with Crippen LogP contribution in [0.3, 0.4) is 0 Å². The Morgan fingerprint density at radius 2 is 1.82 bits per heavy atom. The van der Waals surface area contributed by atoms with Gasteiger partial charge in [0.05, 0.1) is 0 Å². The van der Waals surface area contributed by atoms with Crippen LogP contribution in [0.15, 0.2) is 0 Å². The van der Waals surface area contributed by atoms with E-state index in [1.165, 1.54) is 32.1 Å². The van der Waals surface area contributed by atoms with E-state index in [2.05, 4.69) is 6.92 Å². The van der Waals surface area contributed by atoms with Crippen molar-refractivity contribution >= 4 is 6.29 Å². The summed E-state index contributed by atoms with van der Waals surface area (Å²) in [6.07, 6.45) is 8.62. The van der Waals surface area contributed by atoms with Gasteiger partial charge >= 0.3 is 0 Å². The van der Waals surface area contributed by atoms with Gasteiger partial charge in [-0.25, -0.2) is 0 Å². The molecule has 0 aliphatic heterocycles. The summed E-state index contributed by atoms with van der Waals surface area (Å²) in [5, 5.41) is 0. The summed E-state index contributed by atoms with van der Waals surface area (Å²) in [5.74, 6) is 0.275. The molecule has 0 bridgehead atoms. The van der Waals surface area contributed by atoms with Crippen LogP contribution in [0.1, 0.15) is 52.4 Å². The second kappa shape index (κ2) is 7.77. The number of rotatable bonds is 7. The van der Waals surface area contributed by atoms with Crippen LogP contribution >= 0.6 is 0 Å². The van der Waals surface area contributed by atoms with Crippen LogP contribution in [0.25, 0.3) is 0 Å². The summed E-state index contributed by atoms with van der Waals surface area (Å²) < 4.78 is 0. The predicted molar refractivity (Wildman–Crippen MR) is 48.6 cm³/mol. The molecule has 66 valence electrons. The molecule has 0 fully saturated rings. The molecule has 1 unspecified atom stereocenters. The van der Waals surface area contributed by atoms with E-state index in [9.17, 15) is 4.79 Å². The third kappa shape index (κ3) is 7.57. The highest BCUT2D eigenvalue weighted by atomic mass is 16.1. The van der Waals surface area contributed by atoms with Crippen molar-refractivity contribution in [3.05, 3.63) is 0 Å². The molecule has 0 saturated carbocycles. The second-order valence-electron chi connectivity index (χ2n) is 3.32. The highest BCUT2D eigenvalue weighted by Crippen LogP contribution is 2.09. The molecule has 1 heteroatoms. The average molecular weight is 156 g/mol. The molecule has 0 aromatic heterocycles. The number of aldehydes is 1. The lowest BCUT2D eigenvalue weighted by atomic mass is 10.0. The Morgan fingerprint density at radius 3 is 2.36 bits per heavy atom. The molecule has 0 spiro atoms. The predicted octanol–water partition coefficient (Wildman–Crippen LogP) is 3.18. The average Bonchev–Trinajstić information content (AvgIpc) is 2.04. The molecular formula is C10H20O. The zero-order valence-corrected chi connectivity index (χ0v) is 7.81. The molecule has 0 amide bonds. The monoisotopic (exact) mass is 156 g/mol. The van der Waals surface area contributed by atoms with E-state index < -0.39 is 0 Å². The molecule has 0 radical (unpaired) electrons. The molecule has 0 aliphatic rings. The molecular weight excluding hydrogens is 136 g/mol. The molecule has 0 heterocycles. The van der Waals surface area contributed by atoms with E-state index in [0.717, 1.165) is 12.7 Å². The Balaban J connectivity index is 2.95. The first-order chi connectivity index (χ1) is 5.31. The number of unbranched alkanes of at least 4 members (excludes halogenated alkanes) is 4. The van der Waals surface area contributed by atoms with Crippen LogP contribution in [-0.4, -0.2) is 6.29 Å². The fourth-order valence-corrected chi connectivity index (χ4v) is 1.14. The van der Waals surface area contributed by atoms with Crippen molar-refractivity contribution < 1.29 is 4.79 Å². The zero-order valence-electron chi connectivity index (χ0n) is 7.81. The number of hydrogen-bond acceptors (Lipinski definition) is 1. The summed E-state index contributed by atoms with van der Waals surface area (Å²) in [5.41, 5.74) is 0. The minimum absolute atomic E-state index is 0.275. The fraction of sp³-hybridized carbons (Fsp3) is 0.900. The minimum Gasteiger partial charge on any atom is -0.303 e. The molecule has 0 N–H and O–H groups in total. The molecule has 11 heavy (non-hydrogen) atoms. The van der Waals surface area contributed by atoms with E-state index in [-0.39, 0.29) is 5.92 Å². The fourth-order valence-electron chi connectivity index (χ4n) is 1.14. The summed E-state index contributed by atoms with van der Waals surface area (Å²) in [6, 6.07) is 0. The maximum atomic E-state index is 10.2. The van der Waals surface area contributed by atoms with Gasteiger partial charge in [-0.1, -0.05) is 46.0 Å². The minimum atomic E-state index is 0.275. The van der Waals surface area contributed by atoms with Gasteiger partial charge in [0.15, 0.2) is 0 Å². The first-order valence-electron chi connectivity index (χ1n) is 4.76. The van der Waals surface area contributed by atoms with Crippen molar-refractivity contribution in [2.24, 2.45) is 5.92 Å². The van der Waals surface area contributed by atoms with Crippen LogP contribution in [0, 0.1) is 5.92 Å². The quantitative estimate of drug-likeness (QED) is 0.408. The maximum Gasteiger partial charge on any atom is 0.122 e. The Labute approximate surface area is 70.2 Å². The van der Waals surface area contributed by atoms with Crippen molar-refractivity contribution in [1.82, 2.24) is 0 Å². The van der Waals surface area contributed by atoms with Gasteiger partial charge in [-0.3, -0.25) is 0 Å². The first kappa shape index (κ1) is 10.7. The Bertz CT molecular complexity index is 88.9. The third-order valence-corrected chi connectivity index (χ3v) is 2.00. The van der Waals surface area contributed by atoms with Gasteiger partial charge in [0.1, 0.15) is 6.29 Å². The van der Waals surface area contributed by atoms with Crippen molar-refractivity contribution in [2.75, 3.05) is 0 Å². The van der Waals surface area contributed by atoms with Crippen molar-refractivity contribution in [3.8, 4) is 0 Å². The highest BCUT2D eigenvalue weighted by molar-refractivity contribution is 5.52. The lowest BCUT2D eigenvalue weighted by molar-refractivity contribution is -0.110. The molecule has 0 rings (SSSR count). The van der Waals surface area contributed by atoms with Crippen molar-refractivity contribution in [3.63, 3.8) is 0 Å². The standard InChI is InChI=1S/C10H20O/c1-3-4-5-6-7-8-10(2)9-11/h9-10H,3-8H2,1-2H3. The van der Waals surface area contributed by atoms with Crippen molar-refractivity contribution in [2.45, 2.75) is 52.4 Å². The molecule has 0 aromatic carbocycles. The number of carbonyl (C=O) groups is 1. The zero-order chi connectivity index (χ0) is 8.53. The first-order valence-corrected chi connectivity index (χ1v) is 4.76. The molecule has 1 atom stereocenters. The van der Waals surface area contributed by atoms with Gasteiger partial charge in [0, 0.05) is 5.92 Å². The number of carbonyl (C=O) groups excluding carboxylic acids is 1. The van der Waals surface area contributed by atoms with Crippen LogP contribution in [0.5, 0.6) is 0 Å². The topological polar surface area (TPSA) is 17.1 Å². The van der Waals surface area contributed by atoms with E-state index >= 15 is 0 Å². The van der Waals surface area contributed by atoms with Crippen LogP contribution in [0.4, 0.5) is 0 Å². The van der Waals surface area contributed by atoms with Gasteiger partial charge in [0.2, 0.25) is 0 Å². The summed E-state index contributed by atoms with van der Waals surface area (Å²) in [6.45, 7) is 4.21. The summed E-state index contributed by atoms with van der Waals surface area (Å²) >= 11 is 0. The van der Waals surface area contributed by atoms with Gasteiger partial charge in [0.25, 0.3) is 0 Å². The molecule has 1 nitrogen and oxygen atoms in total. The Morgan fingerprint density at radius 1 is 1.18 bits per heavy atom. The summed E-state index contributed by atoms with van der Waals surface area (Å²) in [7, 11) is 0. The van der Waals surface area contributed by atoms with Crippen LogP contribution in [-0.2, 0) is 4.79 Å². The summed E-state index contributed by atoms with van der Waals surface area (Å²) in [4.78, 5) is 10.2. The second-order valence-corrected chi connectivity index (χ2v) is 3.32. The third-order valence-electron chi connectivity index (χ3n) is 2.00. The SMILES string of the molecule is CCCCCCCC(C)C=O. The van der Waals surface area contributed by atoms with Gasteiger partial charge in [-0.2, -0.15) is 0 Å². The largest absolute Gasteiger partial charge is 0.303 e. The van der Waals surface area contributed by atoms with Gasteiger partial charge in [-0.05, 0) is 6.42 Å². The Kier molecular flexibility index (Phi) is 7.54. The van der Waals surface area contributed by atoms with E-state index in [4.69, 9.17) is 0 Å². The van der Waals surface area contributed by atoms with Crippen LogP contribution < -0.4 is 0 Å². The lowest BCUT2D eigenvalue weighted by Gasteiger charge is -2.01. The van der Waals surface area contributed by atoms with E-state index in [0.29, 0.717) is 0 Å². The van der Waals surface area contributed by atoms with E-state index in [1.807, 2.05) is 6.92 Å². The van der Waals surface area contributed by atoms with Gasteiger partial charge in [-0.15, -0.1) is 0 Å². The van der Waals surface area contributed by atoms with Crippen LogP contribution in [0.2, 0.25) is 0 Å². The molecule has 0 saturated heterocycles. The van der Waals surface area contributed by atoms with Gasteiger partial charge < -0.3 is 4.79 Å². The lowest BCUT2D eigenvalue weighted by Crippen LogP contribution is -1.94.